The molecule has 3 N–H and O–H groups in total. The molecule has 1 aromatic heterocycles. The van der Waals surface area contributed by atoms with Gasteiger partial charge in [0.2, 0.25) is 11.8 Å². The molecular weight excluding hydrogens is 456 g/mol. The lowest BCUT2D eigenvalue weighted by Crippen LogP contribution is -2.56. The van der Waals surface area contributed by atoms with Crippen molar-refractivity contribution in [2.45, 2.75) is 52.2 Å². The van der Waals surface area contributed by atoms with E-state index in [0.717, 1.165) is 11.1 Å². The SMILES string of the molecule is CCn1cc([C@H]2[C@H](C(=O)Nc3ccccc3C)C(=O)C[C@@](C)(O)[C@@H]2C(=O)Nc2ccccc2C)cn1. The Morgan fingerprint density at radius 3 is 2.11 bits per heavy atom. The molecule has 8 heteroatoms. The van der Waals surface area contributed by atoms with Crippen LogP contribution in [-0.4, -0.2) is 38.1 Å². The van der Waals surface area contributed by atoms with Gasteiger partial charge in [0, 0.05) is 36.5 Å². The molecular formula is C28H32N4O4. The van der Waals surface area contributed by atoms with Crippen LogP contribution in [0.25, 0.3) is 0 Å². The second kappa shape index (κ2) is 10.1. The molecule has 2 amide bonds. The van der Waals surface area contributed by atoms with E-state index >= 15 is 0 Å². The molecule has 0 saturated heterocycles. The molecule has 0 bridgehead atoms. The molecule has 36 heavy (non-hydrogen) atoms. The maximum absolute atomic E-state index is 13.7. The minimum Gasteiger partial charge on any atom is -0.389 e. The topological polar surface area (TPSA) is 113 Å². The second-order valence-corrected chi connectivity index (χ2v) is 9.72. The lowest BCUT2D eigenvalue weighted by molar-refractivity contribution is -0.150. The van der Waals surface area contributed by atoms with Crippen LogP contribution >= 0.6 is 0 Å². The number of benzene rings is 2. The molecule has 4 rings (SSSR count). The number of carbonyl (C=O) groups excluding carboxylic acids is 3. The Morgan fingerprint density at radius 2 is 1.58 bits per heavy atom. The van der Waals surface area contributed by atoms with Crippen molar-refractivity contribution in [1.29, 1.82) is 0 Å². The van der Waals surface area contributed by atoms with E-state index in [0.29, 0.717) is 23.5 Å². The molecule has 188 valence electrons. The zero-order chi connectivity index (χ0) is 26.0. The highest BCUT2D eigenvalue weighted by molar-refractivity contribution is 6.10. The Labute approximate surface area is 210 Å². The van der Waals surface area contributed by atoms with Gasteiger partial charge in [0.05, 0.1) is 17.7 Å². The highest BCUT2D eigenvalue weighted by atomic mass is 16.3. The van der Waals surface area contributed by atoms with Crippen LogP contribution in [0.5, 0.6) is 0 Å². The van der Waals surface area contributed by atoms with Crippen molar-refractivity contribution in [2.75, 3.05) is 10.6 Å². The minimum atomic E-state index is -1.66. The van der Waals surface area contributed by atoms with Gasteiger partial charge in [-0.1, -0.05) is 36.4 Å². The van der Waals surface area contributed by atoms with Crippen LogP contribution in [0, 0.1) is 25.7 Å². The second-order valence-electron chi connectivity index (χ2n) is 9.72. The van der Waals surface area contributed by atoms with Gasteiger partial charge in [-0.25, -0.2) is 0 Å². The molecule has 8 nitrogen and oxygen atoms in total. The summed E-state index contributed by atoms with van der Waals surface area (Å²) in [6.07, 6.45) is 3.00. The molecule has 1 aliphatic rings. The van der Waals surface area contributed by atoms with Gasteiger partial charge in [0.1, 0.15) is 11.7 Å². The fraction of sp³-hybridized carbons (Fsp3) is 0.357. The number of nitrogens with zero attached hydrogens (tertiary/aromatic N) is 2. The zero-order valence-electron chi connectivity index (χ0n) is 21.0. The first-order valence-electron chi connectivity index (χ1n) is 12.1. The van der Waals surface area contributed by atoms with Gasteiger partial charge < -0.3 is 15.7 Å². The number of rotatable bonds is 6. The van der Waals surface area contributed by atoms with Crippen molar-refractivity contribution in [3.05, 3.63) is 77.6 Å². The van der Waals surface area contributed by atoms with Gasteiger partial charge in [-0.05, 0) is 56.5 Å². The van der Waals surface area contributed by atoms with Crippen LogP contribution in [0.3, 0.4) is 0 Å². The monoisotopic (exact) mass is 488 g/mol. The first kappa shape index (κ1) is 25.3. The number of Topliss-reactive ketones (excluding diaryl/α,β-unsaturated/α-hetero) is 1. The Kier molecular flexibility index (Phi) is 7.08. The van der Waals surface area contributed by atoms with Crippen LogP contribution in [0.2, 0.25) is 0 Å². The molecule has 1 fully saturated rings. The first-order valence-corrected chi connectivity index (χ1v) is 12.1. The number of aliphatic hydroxyl groups is 1. The lowest BCUT2D eigenvalue weighted by Gasteiger charge is -2.44. The van der Waals surface area contributed by atoms with Crippen LogP contribution in [0.4, 0.5) is 11.4 Å². The van der Waals surface area contributed by atoms with Crippen molar-refractivity contribution in [1.82, 2.24) is 9.78 Å². The number of para-hydroxylation sites is 2. The van der Waals surface area contributed by atoms with E-state index in [9.17, 15) is 19.5 Å². The van der Waals surface area contributed by atoms with Gasteiger partial charge in [0.15, 0.2) is 0 Å². The van der Waals surface area contributed by atoms with Crippen LogP contribution in [0.1, 0.15) is 42.9 Å². The first-order chi connectivity index (χ1) is 17.1. The normalized spacial score (nSPS) is 23.8. The number of hydrogen-bond acceptors (Lipinski definition) is 5. The Hall–Kier alpha value is -3.78. The van der Waals surface area contributed by atoms with Crippen molar-refractivity contribution < 1.29 is 19.5 Å². The van der Waals surface area contributed by atoms with Gasteiger partial charge in [-0.3, -0.25) is 19.1 Å². The van der Waals surface area contributed by atoms with E-state index in [4.69, 9.17) is 0 Å². The zero-order valence-corrected chi connectivity index (χ0v) is 21.0. The Morgan fingerprint density at radius 1 is 1.03 bits per heavy atom. The maximum Gasteiger partial charge on any atom is 0.235 e. The number of nitrogens with one attached hydrogen (secondary N) is 2. The predicted octanol–water partition coefficient (Wildman–Crippen LogP) is 3.84. The number of anilines is 2. The largest absolute Gasteiger partial charge is 0.389 e. The summed E-state index contributed by atoms with van der Waals surface area (Å²) < 4.78 is 1.68. The number of hydrogen-bond donors (Lipinski definition) is 3. The van der Waals surface area contributed by atoms with Crippen LogP contribution in [-0.2, 0) is 20.9 Å². The van der Waals surface area contributed by atoms with Crippen molar-refractivity contribution in [3.63, 3.8) is 0 Å². The minimum absolute atomic E-state index is 0.316. The molecule has 0 unspecified atom stereocenters. The third-order valence-corrected chi connectivity index (χ3v) is 7.00. The standard InChI is InChI=1S/C28H32N4O4/c1-5-32-16-19(15-29-32)23-24(26(34)30-20-12-8-6-10-17(20)2)22(33)14-28(4,36)25(23)27(35)31-21-13-9-7-11-18(21)3/h6-13,15-16,23-25,36H,5,14H2,1-4H3,(H,30,34)(H,31,35)/t23-,24+,25-,28+/m0/s1. The number of aryl methyl sites for hydroxylation is 3. The summed E-state index contributed by atoms with van der Waals surface area (Å²) in [7, 11) is 0. The van der Waals surface area contributed by atoms with Gasteiger partial charge in [0.25, 0.3) is 0 Å². The van der Waals surface area contributed by atoms with E-state index < -0.39 is 41.0 Å². The lowest BCUT2D eigenvalue weighted by atomic mass is 9.61. The van der Waals surface area contributed by atoms with E-state index in [-0.39, 0.29) is 6.42 Å². The third-order valence-electron chi connectivity index (χ3n) is 7.00. The average Bonchev–Trinajstić information content (AvgIpc) is 3.30. The quantitative estimate of drug-likeness (QED) is 0.457. The molecule has 3 aromatic rings. The fourth-order valence-corrected chi connectivity index (χ4v) is 5.06. The van der Waals surface area contributed by atoms with E-state index in [1.807, 2.05) is 51.1 Å². The number of carbonyl (C=O) groups is 3. The van der Waals surface area contributed by atoms with E-state index in [1.54, 1.807) is 35.3 Å². The molecule has 0 radical (unpaired) electrons. The van der Waals surface area contributed by atoms with Gasteiger partial charge in [-0.15, -0.1) is 0 Å². The van der Waals surface area contributed by atoms with Crippen molar-refractivity contribution >= 4 is 29.0 Å². The molecule has 2 aromatic carbocycles. The highest BCUT2D eigenvalue weighted by Gasteiger charge is 2.56. The highest BCUT2D eigenvalue weighted by Crippen LogP contribution is 2.46. The summed E-state index contributed by atoms with van der Waals surface area (Å²) >= 11 is 0. The van der Waals surface area contributed by atoms with Crippen molar-refractivity contribution in [3.8, 4) is 0 Å². The summed E-state index contributed by atoms with van der Waals surface area (Å²) in [5.74, 6) is -4.53. The van der Waals surface area contributed by atoms with Gasteiger partial charge >= 0.3 is 0 Å². The fourth-order valence-electron chi connectivity index (χ4n) is 5.06. The average molecular weight is 489 g/mol. The predicted molar refractivity (Wildman–Crippen MR) is 137 cm³/mol. The molecule has 1 aliphatic carbocycles. The van der Waals surface area contributed by atoms with Crippen LogP contribution < -0.4 is 10.6 Å². The molecule has 4 atom stereocenters. The third kappa shape index (κ3) is 4.95. The molecule has 0 spiro atoms. The van der Waals surface area contributed by atoms with E-state index in [1.165, 1.54) is 6.92 Å². The van der Waals surface area contributed by atoms with Gasteiger partial charge in [-0.2, -0.15) is 5.10 Å². The summed E-state index contributed by atoms with van der Waals surface area (Å²) in [5.41, 5.74) is 1.81. The van der Waals surface area contributed by atoms with Crippen LogP contribution in [0.15, 0.2) is 60.9 Å². The molecule has 0 aliphatic heterocycles. The number of aromatic nitrogens is 2. The summed E-state index contributed by atoms with van der Waals surface area (Å²) in [6.45, 7) is 7.73. The molecule has 1 heterocycles. The number of amides is 2. The summed E-state index contributed by atoms with van der Waals surface area (Å²) in [6, 6.07) is 14.6. The Balaban J connectivity index is 1.77. The summed E-state index contributed by atoms with van der Waals surface area (Å²) in [4.78, 5) is 40.7. The Bertz CT molecular complexity index is 1300. The van der Waals surface area contributed by atoms with Crippen molar-refractivity contribution in [2.24, 2.45) is 11.8 Å². The number of ketones is 1. The molecule has 1 saturated carbocycles. The smallest absolute Gasteiger partial charge is 0.235 e. The van der Waals surface area contributed by atoms with E-state index in [2.05, 4.69) is 15.7 Å². The maximum atomic E-state index is 13.7. The summed E-state index contributed by atoms with van der Waals surface area (Å²) in [5, 5.41) is 21.5.